The van der Waals surface area contributed by atoms with E-state index in [-0.39, 0.29) is 11.9 Å². The number of carbonyl (C=O) groups excluding carboxylic acids is 1. The number of methoxy groups -OCH3 is 2. The zero-order valence-electron chi connectivity index (χ0n) is 6.66. The summed E-state index contributed by atoms with van der Waals surface area (Å²) in [6.45, 7) is 0.496. The first kappa shape index (κ1) is 8.04. The normalized spacial score (nSPS) is 22.7. The molecule has 0 aromatic rings. The minimum absolute atomic E-state index is 0.130. The van der Waals surface area contributed by atoms with Crippen molar-refractivity contribution >= 4 is 11.9 Å². The minimum Gasteiger partial charge on any atom is -0.484 e. The maximum atomic E-state index is 10.9. The topological polar surface area (TPSA) is 47.9 Å². The minimum atomic E-state index is -0.208. The van der Waals surface area contributed by atoms with Gasteiger partial charge in [-0.15, -0.1) is 0 Å². The van der Waals surface area contributed by atoms with E-state index in [1.165, 1.54) is 7.11 Å². The Bertz CT molecular complexity index is 188. The Morgan fingerprint density at radius 2 is 2.36 bits per heavy atom. The van der Waals surface area contributed by atoms with E-state index in [4.69, 9.17) is 4.74 Å². The van der Waals surface area contributed by atoms with Crippen molar-refractivity contribution in [2.45, 2.75) is 6.42 Å². The molecule has 62 valence electrons. The zero-order chi connectivity index (χ0) is 8.27. The van der Waals surface area contributed by atoms with Crippen LogP contribution in [0.5, 0.6) is 0 Å². The van der Waals surface area contributed by atoms with Gasteiger partial charge in [0.1, 0.15) is 0 Å². The van der Waals surface area contributed by atoms with Crippen molar-refractivity contribution in [3.05, 3.63) is 0 Å². The highest BCUT2D eigenvalue weighted by molar-refractivity contribution is 5.85. The van der Waals surface area contributed by atoms with Crippen LogP contribution < -0.4 is 0 Å². The van der Waals surface area contributed by atoms with Crippen LogP contribution in [-0.4, -0.2) is 32.6 Å². The molecular formula is C7H11NO3. The molecule has 0 saturated heterocycles. The SMILES string of the molecule is COC(=O)C1CN=C(OC)C1. The molecule has 11 heavy (non-hydrogen) atoms. The Balaban J connectivity index is 2.41. The molecule has 0 saturated carbocycles. The van der Waals surface area contributed by atoms with Crippen molar-refractivity contribution in [2.75, 3.05) is 20.8 Å². The first-order valence-electron chi connectivity index (χ1n) is 3.43. The van der Waals surface area contributed by atoms with E-state index in [1.54, 1.807) is 7.11 Å². The zero-order valence-corrected chi connectivity index (χ0v) is 6.66. The molecule has 0 aromatic heterocycles. The molecule has 1 atom stereocenters. The summed E-state index contributed by atoms with van der Waals surface area (Å²) < 4.78 is 9.44. The van der Waals surface area contributed by atoms with Gasteiger partial charge in [-0.3, -0.25) is 9.79 Å². The van der Waals surface area contributed by atoms with Crippen LogP contribution in [0, 0.1) is 5.92 Å². The number of hydrogen-bond acceptors (Lipinski definition) is 4. The number of carbonyl (C=O) groups is 1. The van der Waals surface area contributed by atoms with E-state index in [0.717, 1.165) is 0 Å². The highest BCUT2D eigenvalue weighted by Gasteiger charge is 2.26. The number of esters is 1. The van der Waals surface area contributed by atoms with Gasteiger partial charge in [0.25, 0.3) is 0 Å². The van der Waals surface area contributed by atoms with E-state index < -0.39 is 0 Å². The molecule has 4 heteroatoms. The monoisotopic (exact) mass is 157 g/mol. The molecule has 1 unspecified atom stereocenters. The van der Waals surface area contributed by atoms with Gasteiger partial charge in [-0.05, 0) is 0 Å². The van der Waals surface area contributed by atoms with Crippen molar-refractivity contribution in [3.63, 3.8) is 0 Å². The van der Waals surface area contributed by atoms with E-state index >= 15 is 0 Å². The second-order valence-corrected chi connectivity index (χ2v) is 2.36. The molecule has 0 amide bonds. The maximum absolute atomic E-state index is 10.9. The fourth-order valence-electron chi connectivity index (χ4n) is 1.02. The number of aliphatic imine (C=N–C) groups is 1. The van der Waals surface area contributed by atoms with Crippen LogP contribution >= 0.6 is 0 Å². The van der Waals surface area contributed by atoms with Gasteiger partial charge >= 0.3 is 5.97 Å². The molecule has 1 aliphatic heterocycles. The van der Waals surface area contributed by atoms with Gasteiger partial charge in [0.15, 0.2) is 5.90 Å². The lowest BCUT2D eigenvalue weighted by molar-refractivity contribution is -0.144. The summed E-state index contributed by atoms with van der Waals surface area (Å²) >= 11 is 0. The summed E-state index contributed by atoms with van der Waals surface area (Å²) in [7, 11) is 2.94. The van der Waals surface area contributed by atoms with E-state index in [9.17, 15) is 4.79 Å². The van der Waals surface area contributed by atoms with Gasteiger partial charge in [0.05, 0.1) is 26.7 Å². The van der Waals surface area contributed by atoms with Crippen molar-refractivity contribution in [2.24, 2.45) is 10.9 Å². The number of ether oxygens (including phenoxy) is 2. The van der Waals surface area contributed by atoms with Crippen molar-refractivity contribution in [1.29, 1.82) is 0 Å². The number of rotatable bonds is 1. The Morgan fingerprint density at radius 3 is 2.82 bits per heavy atom. The number of nitrogens with zero attached hydrogens (tertiary/aromatic N) is 1. The van der Waals surface area contributed by atoms with E-state index in [1.807, 2.05) is 0 Å². The average molecular weight is 157 g/mol. The lowest BCUT2D eigenvalue weighted by atomic mass is 10.1. The third kappa shape index (κ3) is 1.69. The lowest BCUT2D eigenvalue weighted by Crippen LogP contribution is -2.17. The van der Waals surface area contributed by atoms with Gasteiger partial charge in [0.2, 0.25) is 0 Å². The predicted molar refractivity (Wildman–Crippen MR) is 39.4 cm³/mol. The van der Waals surface area contributed by atoms with Gasteiger partial charge in [-0.1, -0.05) is 0 Å². The van der Waals surface area contributed by atoms with E-state index in [2.05, 4.69) is 9.73 Å². The van der Waals surface area contributed by atoms with Crippen molar-refractivity contribution in [3.8, 4) is 0 Å². The summed E-state index contributed by atoms with van der Waals surface area (Å²) in [6.07, 6.45) is 0.573. The molecule has 1 rings (SSSR count). The van der Waals surface area contributed by atoms with Crippen molar-refractivity contribution in [1.82, 2.24) is 0 Å². The molecule has 0 bridgehead atoms. The Hall–Kier alpha value is -1.06. The fourth-order valence-corrected chi connectivity index (χ4v) is 1.02. The molecule has 4 nitrogen and oxygen atoms in total. The summed E-state index contributed by atoms with van der Waals surface area (Å²) in [6, 6.07) is 0. The summed E-state index contributed by atoms with van der Waals surface area (Å²) in [5, 5.41) is 0. The number of hydrogen-bond donors (Lipinski definition) is 0. The molecule has 0 spiro atoms. The highest BCUT2D eigenvalue weighted by Crippen LogP contribution is 2.14. The van der Waals surface area contributed by atoms with Crippen molar-refractivity contribution < 1.29 is 14.3 Å². The second kappa shape index (κ2) is 3.37. The van der Waals surface area contributed by atoms with Crippen LogP contribution in [0.2, 0.25) is 0 Å². The molecule has 0 radical (unpaired) electrons. The van der Waals surface area contributed by atoms with E-state index in [0.29, 0.717) is 18.9 Å². The van der Waals surface area contributed by atoms with Gasteiger partial charge in [-0.2, -0.15) is 0 Å². The average Bonchev–Trinajstić information content (AvgIpc) is 2.50. The maximum Gasteiger partial charge on any atom is 0.311 e. The molecule has 0 aromatic carbocycles. The smallest absolute Gasteiger partial charge is 0.311 e. The van der Waals surface area contributed by atoms with Crippen LogP contribution in [0.3, 0.4) is 0 Å². The Kier molecular flexibility index (Phi) is 2.46. The molecule has 1 heterocycles. The first-order valence-corrected chi connectivity index (χ1v) is 3.43. The van der Waals surface area contributed by atoms with Gasteiger partial charge in [0, 0.05) is 6.42 Å². The highest BCUT2D eigenvalue weighted by atomic mass is 16.5. The third-order valence-electron chi connectivity index (χ3n) is 1.68. The summed E-state index contributed by atoms with van der Waals surface area (Å²) in [5.41, 5.74) is 0. The van der Waals surface area contributed by atoms with Crippen LogP contribution in [0.25, 0.3) is 0 Å². The third-order valence-corrected chi connectivity index (χ3v) is 1.68. The van der Waals surface area contributed by atoms with Gasteiger partial charge < -0.3 is 9.47 Å². The quantitative estimate of drug-likeness (QED) is 0.512. The molecule has 0 aliphatic carbocycles. The van der Waals surface area contributed by atoms with Crippen LogP contribution in [0.1, 0.15) is 6.42 Å². The predicted octanol–water partition coefficient (Wildman–Crippen LogP) is 0.224. The van der Waals surface area contributed by atoms with Crippen LogP contribution in [0.4, 0.5) is 0 Å². The second-order valence-electron chi connectivity index (χ2n) is 2.36. The Morgan fingerprint density at radius 1 is 1.64 bits per heavy atom. The first-order chi connectivity index (χ1) is 5.27. The fraction of sp³-hybridized carbons (Fsp3) is 0.714. The largest absolute Gasteiger partial charge is 0.484 e. The van der Waals surface area contributed by atoms with Crippen LogP contribution in [0.15, 0.2) is 4.99 Å². The molecule has 0 fully saturated rings. The Labute approximate surface area is 65.2 Å². The standard InChI is InChI=1S/C7H11NO3/c1-10-6-3-5(4-8-6)7(9)11-2/h5H,3-4H2,1-2H3. The van der Waals surface area contributed by atoms with Gasteiger partial charge in [-0.25, -0.2) is 0 Å². The summed E-state index contributed by atoms with van der Waals surface area (Å²) in [5.74, 6) is 0.302. The summed E-state index contributed by atoms with van der Waals surface area (Å²) in [4.78, 5) is 14.9. The lowest BCUT2D eigenvalue weighted by Gasteiger charge is -2.03. The molecular weight excluding hydrogens is 146 g/mol. The van der Waals surface area contributed by atoms with Crippen LogP contribution in [-0.2, 0) is 14.3 Å². The molecule has 1 aliphatic rings. The molecule has 0 N–H and O–H groups in total.